The van der Waals surface area contributed by atoms with Crippen molar-refractivity contribution in [2.45, 2.75) is 27.2 Å². The van der Waals surface area contributed by atoms with Crippen molar-refractivity contribution in [3.63, 3.8) is 0 Å². The lowest BCUT2D eigenvalue weighted by molar-refractivity contribution is 0.185. The van der Waals surface area contributed by atoms with E-state index in [1.54, 1.807) is 7.11 Å². The molecule has 1 atom stereocenters. The van der Waals surface area contributed by atoms with E-state index in [0.29, 0.717) is 5.41 Å². The van der Waals surface area contributed by atoms with Crippen LogP contribution in [0.5, 0.6) is 0 Å². The van der Waals surface area contributed by atoms with E-state index in [2.05, 4.69) is 32.3 Å². The smallest absolute Gasteiger partial charge is 0.0587 e. The second kappa shape index (κ2) is 8.43. The van der Waals surface area contributed by atoms with Crippen molar-refractivity contribution in [3.8, 4) is 0 Å². The first-order valence-electron chi connectivity index (χ1n) is 5.71. The van der Waals surface area contributed by atoms with Gasteiger partial charge >= 0.3 is 0 Å². The van der Waals surface area contributed by atoms with Gasteiger partial charge in [-0.3, -0.25) is 0 Å². The van der Waals surface area contributed by atoms with Gasteiger partial charge in [-0.05, 0) is 36.3 Å². The SMILES string of the molecule is COCCNCC(CCSC)C(C)(C)C. The molecule has 0 saturated carbocycles. The van der Waals surface area contributed by atoms with Crippen LogP contribution in [0.3, 0.4) is 0 Å². The fourth-order valence-electron chi connectivity index (χ4n) is 1.55. The lowest BCUT2D eigenvalue weighted by Gasteiger charge is -2.31. The Balaban J connectivity index is 3.81. The molecule has 0 radical (unpaired) electrons. The molecule has 0 aromatic carbocycles. The van der Waals surface area contributed by atoms with Crippen LogP contribution >= 0.6 is 11.8 Å². The van der Waals surface area contributed by atoms with E-state index in [1.807, 2.05) is 11.8 Å². The van der Waals surface area contributed by atoms with E-state index in [0.717, 1.165) is 25.6 Å². The molecular weight excluding hydrogens is 206 g/mol. The van der Waals surface area contributed by atoms with E-state index in [1.165, 1.54) is 12.2 Å². The minimum absolute atomic E-state index is 0.399. The molecule has 15 heavy (non-hydrogen) atoms. The third-order valence-corrected chi connectivity index (χ3v) is 3.41. The van der Waals surface area contributed by atoms with Crippen molar-refractivity contribution in [2.24, 2.45) is 11.3 Å². The third-order valence-electron chi connectivity index (χ3n) is 2.77. The van der Waals surface area contributed by atoms with Gasteiger partial charge in [-0.15, -0.1) is 0 Å². The Labute approximate surface area is 99.5 Å². The summed E-state index contributed by atoms with van der Waals surface area (Å²) in [5, 5.41) is 3.47. The highest BCUT2D eigenvalue weighted by atomic mass is 32.2. The summed E-state index contributed by atoms with van der Waals surface area (Å²) in [7, 11) is 1.75. The highest BCUT2D eigenvalue weighted by molar-refractivity contribution is 7.98. The largest absolute Gasteiger partial charge is 0.383 e. The number of rotatable bonds is 8. The molecule has 0 aromatic rings. The van der Waals surface area contributed by atoms with Crippen LogP contribution in [0.4, 0.5) is 0 Å². The molecule has 0 spiro atoms. The number of hydrogen-bond acceptors (Lipinski definition) is 3. The van der Waals surface area contributed by atoms with Gasteiger partial charge in [0.2, 0.25) is 0 Å². The van der Waals surface area contributed by atoms with E-state index < -0.39 is 0 Å². The number of thioether (sulfide) groups is 1. The normalized spacial score (nSPS) is 14.2. The summed E-state index contributed by atoms with van der Waals surface area (Å²) in [6.45, 7) is 9.86. The Kier molecular flexibility index (Phi) is 8.58. The van der Waals surface area contributed by atoms with Crippen molar-refractivity contribution in [2.75, 3.05) is 38.8 Å². The van der Waals surface area contributed by atoms with Crippen LogP contribution in [-0.4, -0.2) is 38.8 Å². The molecule has 0 aliphatic carbocycles. The predicted molar refractivity (Wildman–Crippen MR) is 70.7 cm³/mol. The zero-order chi connectivity index (χ0) is 11.7. The highest BCUT2D eigenvalue weighted by Gasteiger charge is 2.23. The molecule has 0 rings (SSSR count). The Hall–Kier alpha value is 0.270. The van der Waals surface area contributed by atoms with Gasteiger partial charge in [-0.1, -0.05) is 20.8 Å². The first-order chi connectivity index (χ1) is 7.02. The zero-order valence-electron chi connectivity index (χ0n) is 10.9. The first-order valence-corrected chi connectivity index (χ1v) is 7.10. The van der Waals surface area contributed by atoms with Crippen LogP contribution in [0, 0.1) is 11.3 Å². The Morgan fingerprint density at radius 1 is 1.33 bits per heavy atom. The maximum Gasteiger partial charge on any atom is 0.0587 e. The molecular formula is C12H27NOS. The lowest BCUT2D eigenvalue weighted by Crippen LogP contribution is -2.33. The summed E-state index contributed by atoms with van der Waals surface area (Å²) < 4.78 is 5.02. The van der Waals surface area contributed by atoms with Gasteiger partial charge in [-0.2, -0.15) is 11.8 Å². The van der Waals surface area contributed by atoms with E-state index >= 15 is 0 Å². The number of methoxy groups -OCH3 is 1. The molecule has 0 bridgehead atoms. The number of hydrogen-bond donors (Lipinski definition) is 1. The summed E-state index contributed by atoms with van der Waals surface area (Å²) in [5.41, 5.74) is 0.399. The van der Waals surface area contributed by atoms with Crippen LogP contribution in [0.25, 0.3) is 0 Å². The molecule has 0 aliphatic heterocycles. The maximum absolute atomic E-state index is 5.02. The summed E-state index contributed by atoms with van der Waals surface area (Å²) >= 11 is 1.94. The molecule has 0 heterocycles. The summed E-state index contributed by atoms with van der Waals surface area (Å²) in [4.78, 5) is 0. The van der Waals surface area contributed by atoms with Crippen LogP contribution < -0.4 is 5.32 Å². The standard InChI is InChI=1S/C12H27NOS/c1-12(2,3)11(6-9-15-5)10-13-7-8-14-4/h11,13H,6-10H2,1-5H3. The average molecular weight is 233 g/mol. The molecule has 0 amide bonds. The maximum atomic E-state index is 5.02. The van der Waals surface area contributed by atoms with Crippen molar-refractivity contribution >= 4 is 11.8 Å². The summed E-state index contributed by atoms with van der Waals surface area (Å²) in [5.74, 6) is 2.01. The summed E-state index contributed by atoms with van der Waals surface area (Å²) in [6.07, 6.45) is 3.47. The van der Waals surface area contributed by atoms with Crippen molar-refractivity contribution in [1.29, 1.82) is 0 Å². The van der Waals surface area contributed by atoms with Crippen LogP contribution in [0.1, 0.15) is 27.2 Å². The van der Waals surface area contributed by atoms with Crippen LogP contribution in [-0.2, 0) is 4.74 Å². The van der Waals surface area contributed by atoms with Gasteiger partial charge in [0.25, 0.3) is 0 Å². The molecule has 92 valence electrons. The number of ether oxygens (including phenoxy) is 1. The van der Waals surface area contributed by atoms with Gasteiger partial charge in [0.15, 0.2) is 0 Å². The van der Waals surface area contributed by atoms with Gasteiger partial charge in [0.05, 0.1) is 6.61 Å². The molecule has 0 aromatic heterocycles. The van der Waals surface area contributed by atoms with E-state index in [4.69, 9.17) is 4.74 Å². The van der Waals surface area contributed by atoms with E-state index in [9.17, 15) is 0 Å². The molecule has 0 fully saturated rings. The highest BCUT2D eigenvalue weighted by Crippen LogP contribution is 2.28. The Bertz CT molecular complexity index is 145. The molecule has 0 aliphatic rings. The monoisotopic (exact) mass is 233 g/mol. The molecule has 1 N–H and O–H groups in total. The first kappa shape index (κ1) is 15.3. The Morgan fingerprint density at radius 2 is 2.00 bits per heavy atom. The van der Waals surface area contributed by atoms with Gasteiger partial charge < -0.3 is 10.1 Å². The fraction of sp³-hybridized carbons (Fsp3) is 1.00. The quantitative estimate of drug-likeness (QED) is 0.651. The zero-order valence-corrected chi connectivity index (χ0v) is 11.7. The van der Waals surface area contributed by atoms with Gasteiger partial charge in [0.1, 0.15) is 0 Å². The van der Waals surface area contributed by atoms with Crippen molar-refractivity contribution in [1.82, 2.24) is 5.32 Å². The van der Waals surface area contributed by atoms with Crippen LogP contribution in [0.2, 0.25) is 0 Å². The second-order valence-electron chi connectivity index (χ2n) is 5.04. The topological polar surface area (TPSA) is 21.3 Å². The average Bonchev–Trinajstić information content (AvgIpc) is 2.15. The predicted octanol–water partition coefficient (Wildman–Crippen LogP) is 2.64. The van der Waals surface area contributed by atoms with Crippen molar-refractivity contribution < 1.29 is 4.74 Å². The molecule has 0 saturated heterocycles. The Morgan fingerprint density at radius 3 is 2.47 bits per heavy atom. The van der Waals surface area contributed by atoms with Crippen molar-refractivity contribution in [3.05, 3.63) is 0 Å². The third kappa shape index (κ3) is 8.12. The number of nitrogens with one attached hydrogen (secondary N) is 1. The van der Waals surface area contributed by atoms with Crippen LogP contribution in [0.15, 0.2) is 0 Å². The fourth-order valence-corrected chi connectivity index (χ4v) is 2.07. The van der Waals surface area contributed by atoms with Gasteiger partial charge in [0, 0.05) is 13.7 Å². The molecule has 3 heteroatoms. The minimum atomic E-state index is 0.399. The molecule has 2 nitrogen and oxygen atoms in total. The van der Waals surface area contributed by atoms with E-state index in [-0.39, 0.29) is 0 Å². The van der Waals surface area contributed by atoms with Gasteiger partial charge in [-0.25, -0.2) is 0 Å². The lowest BCUT2D eigenvalue weighted by atomic mass is 9.79. The molecule has 1 unspecified atom stereocenters. The summed E-state index contributed by atoms with van der Waals surface area (Å²) in [6, 6.07) is 0. The minimum Gasteiger partial charge on any atom is -0.383 e. The second-order valence-corrected chi connectivity index (χ2v) is 6.03.